The van der Waals surface area contributed by atoms with Crippen LogP contribution in [0.1, 0.15) is 27.7 Å². The van der Waals surface area contributed by atoms with Gasteiger partial charge in [0.25, 0.3) is 0 Å². The maximum atomic E-state index is 12.3. The van der Waals surface area contributed by atoms with Crippen molar-refractivity contribution in [1.82, 2.24) is 14.7 Å². The van der Waals surface area contributed by atoms with E-state index in [0.717, 1.165) is 0 Å². The summed E-state index contributed by atoms with van der Waals surface area (Å²) in [5, 5.41) is 0. The third kappa shape index (κ3) is 5.54. The van der Waals surface area contributed by atoms with Gasteiger partial charge in [-0.25, -0.2) is 4.79 Å². The molecule has 126 valence electrons. The normalized spacial score (nSPS) is 15.0. The summed E-state index contributed by atoms with van der Waals surface area (Å²) in [6.45, 7) is 10.2. The van der Waals surface area contributed by atoms with Crippen LogP contribution in [0, 0.1) is 5.92 Å². The van der Waals surface area contributed by atoms with Gasteiger partial charge in [0.2, 0.25) is 11.8 Å². The number of hydrogen-bond donors (Lipinski definition) is 0. The molecule has 0 bridgehead atoms. The molecule has 0 aromatic heterocycles. The number of carbonyl (C=O) groups excluding carboxylic acids is 3. The first-order chi connectivity index (χ1) is 10.3. The van der Waals surface area contributed by atoms with E-state index in [1.165, 1.54) is 6.92 Å². The molecule has 1 fully saturated rings. The Balaban J connectivity index is 2.47. The Morgan fingerprint density at radius 3 is 2.09 bits per heavy atom. The molecule has 0 saturated carbocycles. The number of hydrogen-bond acceptors (Lipinski definition) is 4. The van der Waals surface area contributed by atoms with Crippen molar-refractivity contribution >= 4 is 17.9 Å². The molecule has 1 heterocycles. The predicted molar refractivity (Wildman–Crippen MR) is 82.3 cm³/mol. The highest BCUT2D eigenvalue weighted by Crippen LogP contribution is 2.06. The molecule has 7 heteroatoms. The molecule has 0 aromatic carbocycles. The quantitative estimate of drug-likeness (QED) is 0.752. The Morgan fingerprint density at radius 2 is 1.64 bits per heavy atom. The van der Waals surface area contributed by atoms with Crippen LogP contribution in [0.15, 0.2) is 0 Å². The summed E-state index contributed by atoms with van der Waals surface area (Å²) in [5.41, 5.74) is 0. The van der Waals surface area contributed by atoms with Gasteiger partial charge in [0, 0.05) is 39.6 Å². The Labute approximate surface area is 132 Å². The van der Waals surface area contributed by atoms with Crippen molar-refractivity contribution in [3.63, 3.8) is 0 Å². The van der Waals surface area contributed by atoms with Crippen molar-refractivity contribution in [3.8, 4) is 0 Å². The van der Waals surface area contributed by atoms with Crippen LogP contribution in [0.2, 0.25) is 0 Å². The molecule has 3 amide bonds. The van der Waals surface area contributed by atoms with E-state index in [2.05, 4.69) is 0 Å². The highest BCUT2D eigenvalue weighted by Gasteiger charge is 2.26. The minimum Gasteiger partial charge on any atom is -0.450 e. The molecule has 0 aromatic rings. The first-order valence-electron chi connectivity index (χ1n) is 7.80. The van der Waals surface area contributed by atoms with Crippen LogP contribution < -0.4 is 0 Å². The average Bonchev–Trinajstić information content (AvgIpc) is 2.46. The third-order valence-corrected chi connectivity index (χ3v) is 3.52. The molecule has 0 aliphatic carbocycles. The van der Waals surface area contributed by atoms with Crippen LogP contribution in [-0.4, -0.2) is 78.5 Å². The lowest BCUT2D eigenvalue weighted by Gasteiger charge is -2.35. The summed E-state index contributed by atoms with van der Waals surface area (Å²) in [4.78, 5) is 40.4. The second-order valence-electron chi connectivity index (χ2n) is 5.86. The van der Waals surface area contributed by atoms with Gasteiger partial charge in [0.05, 0.1) is 13.2 Å². The second kappa shape index (κ2) is 8.60. The molecule has 0 atom stereocenters. The van der Waals surface area contributed by atoms with E-state index in [-0.39, 0.29) is 24.5 Å². The summed E-state index contributed by atoms with van der Waals surface area (Å²) in [6, 6.07) is 0. The Bertz CT molecular complexity index is 404. The van der Waals surface area contributed by atoms with E-state index in [1.807, 2.05) is 13.8 Å². The van der Waals surface area contributed by atoms with Crippen LogP contribution in [0.4, 0.5) is 4.79 Å². The summed E-state index contributed by atoms with van der Waals surface area (Å²) in [5.74, 6) is 0.156. The zero-order chi connectivity index (χ0) is 16.7. The zero-order valence-corrected chi connectivity index (χ0v) is 14.0. The molecule has 0 unspecified atom stereocenters. The fourth-order valence-corrected chi connectivity index (χ4v) is 2.36. The SMILES string of the molecule is CCOC(=O)N1CCN(C(=O)CN(CC(C)C)C(C)=O)CC1. The molecule has 1 saturated heterocycles. The molecule has 0 radical (unpaired) electrons. The second-order valence-corrected chi connectivity index (χ2v) is 5.86. The Kier molecular flexibility index (Phi) is 7.14. The number of ether oxygens (including phenoxy) is 1. The fourth-order valence-electron chi connectivity index (χ4n) is 2.36. The molecular weight excluding hydrogens is 286 g/mol. The molecule has 0 spiro atoms. The molecular formula is C15H27N3O4. The van der Waals surface area contributed by atoms with Crippen LogP contribution in [0.3, 0.4) is 0 Å². The van der Waals surface area contributed by atoms with E-state index in [0.29, 0.717) is 45.2 Å². The first-order valence-corrected chi connectivity index (χ1v) is 7.80. The van der Waals surface area contributed by atoms with Crippen LogP contribution >= 0.6 is 0 Å². The van der Waals surface area contributed by atoms with Crippen molar-refractivity contribution in [2.75, 3.05) is 45.9 Å². The summed E-state index contributed by atoms with van der Waals surface area (Å²) in [7, 11) is 0. The fraction of sp³-hybridized carbons (Fsp3) is 0.800. The van der Waals surface area contributed by atoms with Crippen molar-refractivity contribution in [1.29, 1.82) is 0 Å². The van der Waals surface area contributed by atoms with E-state index >= 15 is 0 Å². The molecule has 0 N–H and O–H groups in total. The minimum atomic E-state index is -0.334. The van der Waals surface area contributed by atoms with E-state index < -0.39 is 0 Å². The molecule has 1 rings (SSSR count). The third-order valence-electron chi connectivity index (χ3n) is 3.52. The van der Waals surface area contributed by atoms with E-state index in [1.54, 1.807) is 21.6 Å². The highest BCUT2D eigenvalue weighted by molar-refractivity contribution is 5.84. The summed E-state index contributed by atoms with van der Waals surface area (Å²) < 4.78 is 4.95. The Morgan fingerprint density at radius 1 is 1.09 bits per heavy atom. The minimum absolute atomic E-state index is 0.0700. The van der Waals surface area contributed by atoms with E-state index in [9.17, 15) is 14.4 Å². The van der Waals surface area contributed by atoms with Gasteiger partial charge >= 0.3 is 6.09 Å². The van der Waals surface area contributed by atoms with Crippen molar-refractivity contribution < 1.29 is 19.1 Å². The lowest BCUT2D eigenvalue weighted by atomic mass is 10.2. The van der Waals surface area contributed by atoms with Crippen molar-refractivity contribution in [2.45, 2.75) is 27.7 Å². The average molecular weight is 313 g/mol. The monoisotopic (exact) mass is 313 g/mol. The van der Waals surface area contributed by atoms with Crippen LogP contribution in [0.5, 0.6) is 0 Å². The smallest absolute Gasteiger partial charge is 0.409 e. The van der Waals surface area contributed by atoms with Gasteiger partial charge in [-0.1, -0.05) is 13.8 Å². The van der Waals surface area contributed by atoms with Gasteiger partial charge in [-0.2, -0.15) is 0 Å². The topological polar surface area (TPSA) is 70.2 Å². The molecule has 1 aliphatic rings. The lowest BCUT2D eigenvalue weighted by Crippen LogP contribution is -2.53. The van der Waals surface area contributed by atoms with Gasteiger partial charge in [-0.15, -0.1) is 0 Å². The molecule has 7 nitrogen and oxygen atoms in total. The van der Waals surface area contributed by atoms with Crippen LogP contribution in [-0.2, 0) is 14.3 Å². The number of rotatable bonds is 5. The van der Waals surface area contributed by atoms with Crippen molar-refractivity contribution in [3.05, 3.63) is 0 Å². The van der Waals surface area contributed by atoms with Gasteiger partial charge < -0.3 is 19.4 Å². The lowest BCUT2D eigenvalue weighted by molar-refractivity contribution is -0.140. The van der Waals surface area contributed by atoms with Gasteiger partial charge in [0.15, 0.2) is 0 Å². The zero-order valence-electron chi connectivity index (χ0n) is 14.0. The first kappa shape index (κ1) is 18.3. The van der Waals surface area contributed by atoms with Crippen LogP contribution in [0.25, 0.3) is 0 Å². The maximum Gasteiger partial charge on any atom is 0.409 e. The number of carbonyl (C=O) groups is 3. The predicted octanol–water partition coefficient (Wildman–Crippen LogP) is 0.792. The largest absolute Gasteiger partial charge is 0.450 e. The summed E-state index contributed by atoms with van der Waals surface area (Å²) >= 11 is 0. The van der Waals surface area contributed by atoms with Gasteiger partial charge in [-0.05, 0) is 12.8 Å². The molecule has 22 heavy (non-hydrogen) atoms. The number of nitrogens with zero attached hydrogens (tertiary/aromatic N) is 3. The van der Waals surface area contributed by atoms with E-state index in [4.69, 9.17) is 4.74 Å². The maximum absolute atomic E-state index is 12.3. The summed E-state index contributed by atoms with van der Waals surface area (Å²) in [6.07, 6.45) is -0.334. The number of amides is 3. The van der Waals surface area contributed by atoms with Gasteiger partial charge in [-0.3, -0.25) is 9.59 Å². The Hall–Kier alpha value is -1.79. The number of piperazine rings is 1. The van der Waals surface area contributed by atoms with Gasteiger partial charge in [0.1, 0.15) is 0 Å². The standard InChI is InChI=1S/C15H27N3O4/c1-5-22-15(21)17-8-6-16(7-9-17)14(20)11-18(13(4)19)10-12(2)3/h12H,5-11H2,1-4H3. The van der Waals surface area contributed by atoms with Crippen molar-refractivity contribution in [2.24, 2.45) is 5.92 Å². The molecule has 1 aliphatic heterocycles. The highest BCUT2D eigenvalue weighted by atomic mass is 16.6.